The molecular formula is C30H47N3O6. The van der Waals surface area contributed by atoms with Crippen molar-refractivity contribution >= 4 is 11.8 Å². The molecule has 1 unspecified atom stereocenters. The molecule has 218 valence electrons. The van der Waals surface area contributed by atoms with Gasteiger partial charge in [-0.25, -0.2) is 0 Å². The molecule has 1 saturated heterocycles. The van der Waals surface area contributed by atoms with Gasteiger partial charge in [0, 0.05) is 51.4 Å². The minimum absolute atomic E-state index is 0.0789. The fourth-order valence-corrected chi connectivity index (χ4v) is 5.69. The van der Waals surface area contributed by atoms with Gasteiger partial charge in [0.15, 0.2) is 0 Å². The molecule has 1 aliphatic carbocycles. The van der Waals surface area contributed by atoms with Gasteiger partial charge in [0.25, 0.3) is 0 Å². The summed E-state index contributed by atoms with van der Waals surface area (Å²) < 4.78 is 17.3. The van der Waals surface area contributed by atoms with Crippen LogP contribution in [0, 0.1) is 17.8 Å². The maximum absolute atomic E-state index is 13.8. The van der Waals surface area contributed by atoms with Crippen molar-refractivity contribution in [3.8, 4) is 11.5 Å². The molecular weight excluding hydrogens is 498 g/mol. The highest BCUT2D eigenvalue weighted by Crippen LogP contribution is 2.37. The van der Waals surface area contributed by atoms with Gasteiger partial charge in [-0.1, -0.05) is 13.8 Å². The van der Waals surface area contributed by atoms with Crippen LogP contribution in [0.2, 0.25) is 0 Å². The standard InChI is InChI=1S/C30H47N3O6/c1-20(2)12-24(19-34)32-29(35)22-15-23(17-31-16-22)30(36)33(25-7-8-25)18-21-13-27-26(6-4-10-38-27)28(14-21)39-11-5-9-37-3/h13-14,20,22-25,31,34H,4-12,15-19H2,1-3H3,(H,32,35)/t22-,23+,24?/m0/s1. The van der Waals surface area contributed by atoms with Gasteiger partial charge in [0.05, 0.1) is 37.7 Å². The molecule has 2 fully saturated rings. The molecule has 3 atom stereocenters. The molecule has 1 aromatic carbocycles. The maximum atomic E-state index is 13.8. The van der Waals surface area contributed by atoms with Gasteiger partial charge in [-0.15, -0.1) is 0 Å². The number of aliphatic hydroxyl groups excluding tert-OH is 1. The van der Waals surface area contributed by atoms with Crippen LogP contribution < -0.4 is 20.1 Å². The number of ether oxygens (including phenoxy) is 3. The third kappa shape index (κ3) is 8.32. The molecule has 0 radical (unpaired) electrons. The van der Waals surface area contributed by atoms with Crippen molar-refractivity contribution in [2.24, 2.45) is 17.8 Å². The molecule has 2 amide bonds. The van der Waals surface area contributed by atoms with Crippen molar-refractivity contribution in [1.29, 1.82) is 0 Å². The first-order valence-corrected chi connectivity index (χ1v) is 14.7. The van der Waals surface area contributed by atoms with Crippen LogP contribution in [0.4, 0.5) is 0 Å². The number of piperidine rings is 1. The molecule has 2 heterocycles. The molecule has 3 N–H and O–H groups in total. The van der Waals surface area contributed by atoms with Gasteiger partial charge in [0.1, 0.15) is 11.5 Å². The summed E-state index contributed by atoms with van der Waals surface area (Å²) in [6.07, 6.45) is 5.95. The first kappa shape index (κ1) is 29.6. The second-order valence-corrected chi connectivity index (χ2v) is 11.7. The lowest BCUT2D eigenvalue weighted by Gasteiger charge is -2.34. The highest BCUT2D eigenvalue weighted by Gasteiger charge is 2.39. The number of hydrogen-bond donors (Lipinski definition) is 3. The number of carbonyl (C=O) groups excluding carboxylic acids is 2. The number of fused-ring (bicyclic) bond motifs is 1. The van der Waals surface area contributed by atoms with Crippen molar-refractivity contribution in [2.45, 2.75) is 77.4 Å². The van der Waals surface area contributed by atoms with Crippen LogP contribution >= 0.6 is 0 Å². The zero-order chi connectivity index (χ0) is 27.8. The first-order chi connectivity index (χ1) is 18.9. The Morgan fingerprint density at radius 1 is 1.21 bits per heavy atom. The lowest BCUT2D eigenvalue weighted by molar-refractivity contribution is -0.139. The number of aliphatic hydroxyl groups is 1. The third-order valence-electron chi connectivity index (χ3n) is 7.82. The van der Waals surface area contributed by atoms with E-state index in [9.17, 15) is 14.7 Å². The van der Waals surface area contributed by atoms with E-state index in [1.807, 2.05) is 4.90 Å². The van der Waals surface area contributed by atoms with Gasteiger partial charge < -0.3 is 34.9 Å². The summed E-state index contributed by atoms with van der Waals surface area (Å²) in [5.41, 5.74) is 2.12. The minimum atomic E-state index is -0.292. The van der Waals surface area contributed by atoms with Crippen molar-refractivity contribution in [3.63, 3.8) is 0 Å². The van der Waals surface area contributed by atoms with Crippen LogP contribution in [0.25, 0.3) is 0 Å². The minimum Gasteiger partial charge on any atom is -0.493 e. The van der Waals surface area contributed by atoms with Gasteiger partial charge in [-0.3, -0.25) is 9.59 Å². The predicted octanol–water partition coefficient (Wildman–Crippen LogP) is 2.67. The van der Waals surface area contributed by atoms with E-state index in [-0.39, 0.29) is 42.3 Å². The summed E-state index contributed by atoms with van der Waals surface area (Å²) in [6.45, 7) is 7.60. The average molecular weight is 546 g/mol. The Balaban J connectivity index is 1.43. The van der Waals surface area contributed by atoms with E-state index in [0.717, 1.165) is 61.2 Å². The summed E-state index contributed by atoms with van der Waals surface area (Å²) >= 11 is 0. The number of carbonyl (C=O) groups is 2. The molecule has 9 nitrogen and oxygen atoms in total. The van der Waals surface area contributed by atoms with Crippen molar-refractivity contribution in [3.05, 3.63) is 23.3 Å². The van der Waals surface area contributed by atoms with Gasteiger partial charge >= 0.3 is 0 Å². The van der Waals surface area contributed by atoms with Crippen LogP contribution in [-0.2, 0) is 27.3 Å². The first-order valence-electron chi connectivity index (χ1n) is 14.7. The molecule has 1 aromatic rings. The topological polar surface area (TPSA) is 109 Å². The lowest BCUT2D eigenvalue weighted by Crippen LogP contribution is -2.51. The van der Waals surface area contributed by atoms with Crippen LogP contribution in [0.3, 0.4) is 0 Å². The number of nitrogens with one attached hydrogen (secondary N) is 2. The lowest BCUT2D eigenvalue weighted by atomic mass is 9.88. The SMILES string of the molecule is COCCCOc1cc(CN(C(=O)[C@H]2CNC[C@@H](C(=O)NC(CO)CC(C)C)C2)C2CC2)cc2c1CCCO2. The quantitative estimate of drug-likeness (QED) is 0.309. The number of nitrogens with zero attached hydrogens (tertiary/aromatic N) is 1. The smallest absolute Gasteiger partial charge is 0.227 e. The van der Waals surface area contributed by atoms with E-state index in [1.165, 1.54) is 0 Å². The third-order valence-corrected chi connectivity index (χ3v) is 7.82. The highest BCUT2D eigenvalue weighted by molar-refractivity contribution is 5.83. The van der Waals surface area contributed by atoms with Crippen LogP contribution in [-0.4, -0.2) is 80.5 Å². The van der Waals surface area contributed by atoms with Gasteiger partial charge in [-0.2, -0.15) is 0 Å². The predicted molar refractivity (Wildman–Crippen MR) is 149 cm³/mol. The van der Waals surface area contributed by atoms with Crippen molar-refractivity contribution < 1.29 is 28.9 Å². The number of rotatable bonds is 14. The number of benzene rings is 1. The van der Waals surface area contributed by atoms with Crippen LogP contribution in [0.1, 0.15) is 63.5 Å². The second-order valence-electron chi connectivity index (χ2n) is 11.7. The van der Waals surface area contributed by atoms with Gasteiger partial charge in [0.2, 0.25) is 11.8 Å². The Hall–Kier alpha value is -2.36. The van der Waals surface area contributed by atoms with Crippen molar-refractivity contribution in [2.75, 3.05) is 46.6 Å². The Bertz CT molecular complexity index is 966. The Labute approximate surface area is 232 Å². The number of amides is 2. The highest BCUT2D eigenvalue weighted by atomic mass is 16.5. The van der Waals surface area contributed by atoms with Crippen LogP contribution in [0.5, 0.6) is 11.5 Å². The molecule has 0 spiro atoms. The van der Waals surface area contributed by atoms with E-state index in [1.54, 1.807) is 7.11 Å². The summed E-state index contributed by atoms with van der Waals surface area (Å²) in [5.74, 6) is 1.55. The molecule has 4 rings (SSSR count). The van der Waals surface area contributed by atoms with E-state index in [0.29, 0.717) is 51.8 Å². The number of methoxy groups -OCH3 is 1. The summed E-state index contributed by atoms with van der Waals surface area (Å²) in [5, 5.41) is 16.0. The molecule has 0 bridgehead atoms. The fraction of sp³-hybridized carbons (Fsp3) is 0.733. The van der Waals surface area contributed by atoms with E-state index in [4.69, 9.17) is 14.2 Å². The molecule has 3 aliphatic rings. The average Bonchev–Trinajstić information content (AvgIpc) is 3.78. The van der Waals surface area contributed by atoms with E-state index in [2.05, 4.69) is 36.6 Å². The Morgan fingerprint density at radius 2 is 2.00 bits per heavy atom. The molecule has 0 aromatic heterocycles. The van der Waals surface area contributed by atoms with Gasteiger partial charge in [-0.05, 0) is 62.1 Å². The Kier molecular flexibility index (Phi) is 10.9. The zero-order valence-electron chi connectivity index (χ0n) is 23.9. The van der Waals surface area contributed by atoms with Crippen molar-refractivity contribution in [1.82, 2.24) is 15.5 Å². The molecule has 39 heavy (non-hydrogen) atoms. The summed E-state index contributed by atoms with van der Waals surface area (Å²) in [7, 11) is 1.69. The number of hydrogen-bond acceptors (Lipinski definition) is 7. The van der Waals surface area contributed by atoms with E-state index >= 15 is 0 Å². The fourth-order valence-electron chi connectivity index (χ4n) is 5.69. The largest absolute Gasteiger partial charge is 0.493 e. The molecule has 9 heteroatoms. The van der Waals surface area contributed by atoms with E-state index < -0.39 is 0 Å². The normalized spacial score (nSPS) is 21.6. The van der Waals surface area contributed by atoms with Crippen LogP contribution in [0.15, 0.2) is 12.1 Å². The molecule has 2 aliphatic heterocycles. The summed E-state index contributed by atoms with van der Waals surface area (Å²) in [6, 6.07) is 4.12. The Morgan fingerprint density at radius 3 is 2.72 bits per heavy atom. The summed E-state index contributed by atoms with van der Waals surface area (Å²) in [4.78, 5) is 28.8. The second kappa shape index (κ2) is 14.3. The monoisotopic (exact) mass is 545 g/mol. The zero-order valence-corrected chi connectivity index (χ0v) is 23.9. The maximum Gasteiger partial charge on any atom is 0.227 e. The molecule has 1 saturated carbocycles.